The van der Waals surface area contributed by atoms with E-state index in [1.165, 1.54) is 6.42 Å². The molecule has 2 aromatic rings. The smallest absolute Gasteiger partial charge is 0.238 e. The van der Waals surface area contributed by atoms with Gasteiger partial charge in [0.1, 0.15) is 5.82 Å². The molecule has 0 spiro atoms. The number of pyridine rings is 1. The van der Waals surface area contributed by atoms with Crippen molar-refractivity contribution in [1.29, 1.82) is 0 Å². The summed E-state index contributed by atoms with van der Waals surface area (Å²) in [6.45, 7) is 7.47. The minimum Gasteiger partial charge on any atom is -0.493 e. The van der Waals surface area contributed by atoms with Gasteiger partial charge in [0.25, 0.3) is 0 Å². The topological polar surface area (TPSA) is 79.4 Å². The zero-order chi connectivity index (χ0) is 24.6. The molecule has 35 heavy (non-hydrogen) atoms. The van der Waals surface area contributed by atoms with Gasteiger partial charge in [0, 0.05) is 63.3 Å². The maximum absolute atomic E-state index is 12.8. The van der Waals surface area contributed by atoms with Crippen molar-refractivity contribution in [2.45, 2.75) is 12.8 Å². The van der Waals surface area contributed by atoms with E-state index in [2.05, 4.69) is 31.1 Å². The van der Waals surface area contributed by atoms with Crippen molar-refractivity contribution in [2.75, 3.05) is 83.9 Å². The molecule has 1 amide bonds. The summed E-state index contributed by atoms with van der Waals surface area (Å²) in [7, 11) is 4.69. The van der Waals surface area contributed by atoms with Gasteiger partial charge in [-0.25, -0.2) is 4.98 Å². The maximum Gasteiger partial charge on any atom is 0.238 e. The summed E-state index contributed by atoms with van der Waals surface area (Å²) in [5.41, 5.74) is 0.629. The Hall–Kier alpha value is -3.04. The number of amides is 1. The Bertz CT molecular complexity index is 940. The summed E-state index contributed by atoms with van der Waals surface area (Å²) in [4.78, 5) is 24.5. The standard InChI is InChI=1S/C26H37N5O4/c1-33-22-15-21(16-23(34-2)26(22)35-3)28-25(32)19-30-10-6-7-20(18-30)17-29-11-13-31(14-12-29)24-8-4-5-9-27-24/h4-5,8-9,15-16,20H,6-7,10-14,17-19H2,1-3H3,(H,28,32). The number of methoxy groups -OCH3 is 3. The summed E-state index contributed by atoms with van der Waals surface area (Å²) in [6.07, 6.45) is 4.19. The first-order valence-electron chi connectivity index (χ1n) is 12.3. The van der Waals surface area contributed by atoms with Crippen molar-refractivity contribution in [3.8, 4) is 17.2 Å². The average molecular weight is 484 g/mol. The van der Waals surface area contributed by atoms with Crippen LogP contribution >= 0.6 is 0 Å². The summed E-state index contributed by atoms with van der Waals surface area (Å²) in [5, 5.41) is 2.99. The van der Waals surface area contributed by atoms with Crippen LogP contribution in [0.4, 0.5) is 11.5 Å². The number of likely N-dealkylation sites (tertiary alicyclic amines) is 1. The number of ether oxygens (including phenoxy) is 3. The Morgan fingerprint density at radius 2 is 1.74 bits per heavy atom. The first kappa shape index (κ1) is 25.1. The number of hydrogen-bond donors (Lipinski definition) is 1. The lowest BCUT2D eigenvalue weighted by Crippen LogP contribution is -2.50. The minimum absolute atomic E-state index is 0.0381. The number of nitrogens with zero attached hydrogens (tertiary/aromatic N) is 4. The van der Waals surface area contributed by atoms with Gasteiger partial charge in [-0.1, -0.05) is 6.07 Å². The van der Waals surface area contributed by atoms with Crippen LogP contribution in [0, 0.1) is 5.92 Å². The monoisotopic (exact) mass is 483 g/mol. The van der Waals surface area contributed by atoms with E-state index in [9.17, 15) is 4.79 Å². The van der Waals surface area contributed by atoms with Gasteiger partial charge in [0.2, 0.25) is 11.7 Å². The van der Waals surface area contributed by atoms with E-state index in [1.54, 1.807) is 33.5 Å². The summed E-state index contributed by atoms with van der Waals surface area (Å²) < 4.78 is 16.1. The van der Waals surface area contributed by atoms with Crippen LogP contribution in [0.5, 0.6) is 17.2 Å². The van der Waals surface area contributed by atoms with Gasteiger partial charge in [0.05, 0.1) is 27.9 Å². The van der Waals surface area contributed by atoms with E-state index in [0.717, 1.165) is 58.1 Å². The molecule has 3 heterocycles. The third-order valence-corrected chi connectivity index (χ3v) is 6.78. The minimum atomic E-state index is -0.0381. The molecule has 9 heteroatoms. The van der Waals surface area contributed by atoms with Gasteiger partial charge in [-0.05, 0) is 37.4 Å². The van der Waals surface area contributed by atoms with Gasteiger partial charge < -0.3 is 24.4 Å². The predicted octanol–water partition coefficient (Wildman–Crippen LogP) is 2.58. The fourth-order valence-electron chi connectivity index (χ4n) is 5.07. The number of hydrogen-bond acceptors (Lipinski definition) is 8. The Balaban J connectivity index is 1.25. The number of piperidine rings is 1. The molecule has 0 bridgehead atoms. The Morgan fingerprint density at radius 1 is 1.00 bits per heavy atom. The van der Waals surface area contributed by atoms with Gasteiger partial charge in [0.15, 0.2) is 11.5 Å². The summed E-state index contributed by atoms with van der Waals surface area (Å²) in [6, 6.07) is 9.59. The van der Waals surface area contributed by atoms with E-state index in [0.29, 0.717) is 35.4 Å². The second-order valence-corrected chi connectivity index (χ2v) is 9.18. The Kier molecular flexibility index (Phi) is 8.65. The molecule has 2 saturated heterocycles. The van der Waals surface area contributed by atoms with Crippen molar-refractivity contribution in [1.82, 2.24) is 14.8 Å². The number of benzene rings is 1. The van der Waals surface area contributed by atoms with Gasteiger partial charge in [-0.2, -0.15) is 0 Å². The summed E-state index contributed by atoms with van der Waals surface area (Å²) in [5.74, 6) is 3.15. The molecule has 1 aromatic heterocycles. The van der Waals surface area contributed by atoms with Crippen LogP contribution in [0.15, 0.2) is 36.5 Å². The molecule has 1 aromatic carbocycles. The Morgan fingerprint density at radius 3 is 2.37 bits per heavy atom. The molecule has 2 aliphatic rings. The highest BCUT2D eigenvalue weighted by Gasteiger charge is 2.26. The van der Waals surface area contributed by atoms with Crippen LogP contribution in [0.3, 0.4) is 0 Å². The van der Waals surface area contributed by atoms with Gasteiger partial charge >= 0.3 is 0 Å². The molecule has 9 nitrogen and oxygen atoms in total. The Labute approximate surface area is 208 Å². The number of nitrogens with one attached hydrogen (secondary N) is 1. The molecule has 2 aliphatic heterocycles. The fourth-order valence-corrected chi connectivity index (χ4v) is 5.07. The second-order valence-electron chi connectivity index (χ2n) is 9.18. The first-order valence-corrected chi connectivity index (χ1v) is 12.3. The lowest BCUT2D eigenvalue weighted by Gasteiger charge is -2.39. The molecule has 1 atom stereocenters. The SMILES string of the molecule is COc1cc(NC(=O)CN2CCCC(CN3CCN(c4ccccn4)CC3)C2)cc(OC)c1OC. The third-order valence-electron chi connectivity index (χ3n) is 6.78. The molecular formula is C26H37N5O4. The quantitative estimate of drug-likeness (QED) is 0.583. The molecule has 4 rings (SSSR count). The normalized spacial score (nSPS) is 19.3. The van der Waals surface area contributed by atoms with E-state index in [-0.39, 0.29) is 5.91 Å². The first-order chi connectivity index (χ1) is 17.1. The lowest BCUT2D eigenvalue weighted by molar-refractivity contribution is -0.117. The molecule has 1 unspecified atom stereocenters. The van der Waals surface area contributed by atoms with Crippen LogP contribution in [0.1, 0.15) is 12.8 Å². The number of carbonyl (C=O) groups excluding carboxylic acids is 1. The van der Waals surface area contributed by atoms with E-state index in [1.807, 2.05) is 18.3 Å². The lowest BCUT2D eigenvalue weighted by atomic mass is 9.97. The highest BCUT2D eigenvalue weighted by atomic mass is 16.5. The zero-order valence-electron chi connectivity index (χ0n) is 21.0. The number of aromatic nitrogens is 1. The molecular weight excluding hydrogens is 446 g/mol. The fraction of sp³-hybridized carbons (Fsp3) is 0.538. The summed E-state index contributed by atoms with van der Waals surface area (Å²) >= 11 is 0. The average Bonchev–Trinajstić information content (AvgIpc) is 2.89. The zero-order valence-corrected chi connectivity index (χ0v) is 21.0. The van der Waals surface area contributed by atoms with E-state index < -0.39 is 0 Å². The molecule has 0 saturated carbocycles. The van der Waals surface area contributed by atoms with Gasteiger partial charge in [-0.3, -0.25) is 14.6 Å². The van der Waals surface area contributed by atoms with Crippen LogP contribution < -0.4 is 24.4 Å². The molecule has 190 valence electrons. The van der Waals surface area contributed by atoms with Crippen LogP contribution in [0.25, 0.3) is 0 Å². The predicted molar refractivity (Wildman–Crippen MR) is 137 cm³/mol. The van der Waals surface area contributed by atoms with Crippen LogP contribution in [0.2, 0.25) is 0 Å². The van der Waals surface area contributed by atoms with Crippen molar-refractivity contribution < 1.29 is 19.0 Å². The van der Waals surface area contributed by atoms with Crippen molar-refractivity contribution >= 4 is 17.4 Å². The van der Waals surface area contributed by atoms with Crippen LogP contribution in [-0.2, 0) is 4.79 Å². The van der Waals surface area contributed by atoms with Gasteiger partial charge in [-0.15, -0.1) is 0 Å². The molecule has 0 radical (unpaired) electrons. The maximum atomic E-state index is 12.8. The second kappa shape index (κ2) is 12.1. The largest absolute Gasteiger partial charge is 0.493 e. The number of piperazine rings is 1. The van der Waals surface area contributed by atoms with E-state index in [4.69, 9.17) is 14.2 Å². The number of rotatable bonds is 9. The number of carbonyl (C=O) groups is 1. The highest BCUT2D eigenvalue weighted by Crippen LogP contribution is 2.39. The van der Waals surface area contributed by atoms with Crippen molar-refractivity contribution in [3.05, 3.63) is 36.5 Å². The molecule has 0 aliphatic carbocycles. The number of anilines is 2. The molecule has 2 fully saturated rings. The van der Waals surface area contributed by atoms with E-state index >= 15 is 0 Å². The highest BCUT2D eigenvalue weighted by molar-refractivity contribution is 5.93. The third kappa shape index (κ3) is 6.55. The van der Waals surface area contributed by atoms with Crippen molar-refractivity contribution in [3.63, 3.8) is 0 Å². The van der Waals surface area contributed by atoms with Crippen LogP contribution in [-0.4, -0.2) is 94.4 Å². The molecule has 1 N–H and O–H groups in total. The van der Waals surface area contributed by atoms with Crippen molar-refractivity contribution in [2.24, 2.45) is 5.92 Å².